The predicted molar refractivity (Wildman–Crippen MR) is 126 cm³/mol. The van der Waals surface area contributed by atoms with Crippen LogP contribution in [0.5, 0.6) is 0 Å². The van der Waals surface area contributed by atoms with E-state index in [1.54, 1.807) is 0 Å². The second kappa shape index (κ2) is 9.18. The van der Waals surface area contributed by atoms with E-state index >= 15 is 0 Å². The van der Waals surface area contributed by atoms with Gasteiger partial charge in [-0.15, -0.1) is 0 Å². The van der Waals surface area contributed by atoms with Crippen molar-refractivity contribution in [3.05, 3.63) is 64.9 Å². The number of hydrogen-bond donors (Lipinski definition) is 1. The van der Waals surface area contributed by atoms with Gasteiger partial charge in [-0.25, -0.2) is 4.98 Å². The minimum atomic E-state index is 0.406. The number of anilines is 2. The molecular weight excluding hydrogens is 384 g/mol. The van der Waals surface area contributed by atoms with Crippen LogP contribution in [-0.4, -0.2) is 37.7 Å². The van der Waals surface area contributed by atoms with Gasteiger partial charge in [0.1, 0.15) is 5.82 Å². The summed E-state index contributed by atoms with van der Waals surface area (Å²) in [7, 11) is 0. The molecule has 4 heterocycles. The lowest BCUT2D eigenvalue weighted by Crippen LogP contribution is -2.33. The first kappa shape index (κ1) is 21.5. The molecule has 0 amide bonds. The lowest BCUT2D eigenvalue weighted by Gasteiger charge is -2.31. The molecule has 0 saturated carbocycles. The lowest BCUT2D eigenvalue weighted by atomic mass is 9.92. The Labute approximate surface area is 185 Å². The number of rotatable bonds is 6. The van der Waals surface area contributed by atoms with Gasteiger partial charge >= 0.3 is 0 Å². The molecule has 0 aliphatic carbocycles. The number of piperidine rings is 1. The molecule has 0 atom stereocenters. The molecule has 6 heteroatoms. The molecule has 31 heavy (non-hydrogen) atoms. The molecule has 1 aliphatic heterocycles. The fraction of sp³-hybridized carbons (Fsp3) is 0.480. The molecule has 1 fully saturated rings. The van der Waals surface area contributed by atoms with Crippen molar-refractivity contribution >= 4 is 11.5 Å². The Bertz CT molecular complexity index is 1010. The third-order valence-corrected chi connectivity index (χ3v) is 6.41. The minimum Gasteiger partial charge on any atom is -0.339 e. The normalized spacial score (nSPS) is 15.5. The van der Waals surface area contributed by atoms with E-state index in [9.17, 15) is 0 Å². The molecule has 6 nitrogen and oxygen atoms in total. The van der Waals surface area contributed by atoms with Crippen molar-refractivity contribution in [3.8, 4) is 0 Å². The van der Waals surface area contributed by atoms with Gasteiger partial charge in [0.15, 0.2) is 0 Å². The van der Waals surface area contributed by atoms with Crippen LogP contribution < -0.4 is 5.32 Å². The van der Waals surface area contributed by atoms with Crippen molar-refractivity contribution in [1.29, 1.82) is 0 Å². The maximum Gasteiger partial charge on any atom is 0.133 e. The molecule has 0 radical (unpaired) electrons. The van der Waals surface area contributed by atoms with Crippen LogP contribution in [-0.2, 0) is 6.54 Å². The summed E-state index contributed by atoms with van der Waals surface area (Å²) >= 11 is 0. The topological polar surface area (TPSA) is 58.9 Å². The SMILES string of the molecule is Cc1cccnc1Nc1ccc(C2CCN(Cc3c(C)nn(C(C)C)c3C)CC2)nc1. The molecular formula is C25H34N6. The third kappa shape index (κ3) is 4.79. The van der Waals surface area contributed by atoms with Gasteiger partial charge in [0.25, 0.3) is 0 Å². The van der Waals surface area contributed by atoms with E-state index in [-0.39, 0.29) is 0 Å². The molecule has 0 unspecified atom stereocenters. The van der Waals surface area contributed by atoms with E-state index in [4.69, 9.17) is 10.1 Å². The highest BCUT2D eigenvalue weighted by Crippen LogP contribution is 2.29. The molecule has 3 aromatic heterocycles. The zero-order valence-electron chi connectivity index (χ0n) is 19.4. The van der Waals surface area contributed by atoms with Crippen molar-refractivity contribution in [2.75, 3.05) is 18.4 Å². The summed E-state index contributed by atoms with van der Waals surface area (Å²) in [4.78, 5) is 11.7. The van der Waals surface area contributed by atoms with Crippen LogP contribution in [0.1, 0.15) is 66.9 Å². The molecule has 1 aliphatic rings. The molecule has 0 spiro atoms. The second-order valence-corrected chi connectivity index (χ2v) is 9.00. The van der Waals surface area contributed by atoms with Crippen LogP contribution in [0.4, 0.5) is 11.5 Å². The van der Waals surface area contributed by atoms with Gasteiger partial charge in [0, 0.05) is 41.7 Å². The maximum absolute atomic E-state index is 4.77. The van der Waals surface area contributed by atoms with Crippen molar-refractivity contribution in [3.63, 3.8) is 0 Å². The Morgan fingerprint density at radius 3 is 2.45 bits per heavy atom. The Balaban J connectivity index is 1.34. The lowest BCUT2D eigenvalue weighted by molar-refractivity contribution is 0.202. The number of pyridine rings is 2. The predicted octanol–water partition coefficient (Wildman–Crippen LogP) is 5.30. The summed E-state index contributed by atoms with van der Waals surface area (Å²) < 4.78 is 2.16. The molecule has 164 valence electrons. The minimum absolute atomic E-state index is 0.406. The molecule has 1 saturated heterocycles. The fourth-order valence-electron chi connectivity index (χ4n) is 4.51. The van der Waals surface area contributed by atoms with E-state index < -0.39 is 0 Å². The highest BCUT2D eigenvalue weighted by molar-refractivity contribution is 5.57. The summed E-state index contributed by atoms with van der Waals surface area (Å²) in [5.41, 5.74) is 7.18. The van der Waals surface area contributed by atoms with Gasteiger partial charge in [0.05, 0.1) is 17.6 Å². The standard InChI is InChI=1S/C25H34N6/c1-17(2)31-20(5)23(19(4)29-31)16-30-13-10-21(11-14-30)24-9-8-22(15-27-24)28-25-18(3)7-6-12-26-25/h6-9,12,15,17,21H,10-11,13-14,16H2,1-5H3,(H,26,28). The number of likely N-dealkylation sites (tertiary alicyclic amines) is 1. The summed E-state index contributed by atoms with van der Waals surface area (Å²) in [5, 5.41) is 8.12. The van der Waals surface area contributed by atoms with Crippen LogP contribution in [0.2, 0.25) is 0 Å². The highest BCUT2D eigenvalue weighted by atomic mass is 15.3. The molecule has 0 aromatic carbocycles. The zero-order chi connectivity index (χ0) is 22.0. The van der Waals surface area contributed by atoms with Gasteiger partial charge in [-0.3, -0.25) is 14.6 Å². The summed E-state index contributed by atoms with van der Waals surface area (Å²) in [6.07, 6.45) is 6.04. The average Bonchev–Trinajstić information content (AvgIpc) is 3.05. The quantitative estimate of drug-likeness (QED) is 0.588. The van der Waals surface area contributed by atoms with E-state index in [0.717, 1.165) is 49.5 Å². The Morgan fingerprint density at radius 2 is 1.84 bits per heavy atom. The van der Waals surface area contributed by atoms with Gasteiger partial charge in [-0.1, -0.05) is 6.07 Å². The Kier molecular flexibility index (Phi) is 6.37. The van der Waals surface area contributed by atoms with Crippen LogP contribution in [0.15, 0.2) is 36.7 Å². The van der Waals surface area contributed by atoms with Crippen LogP contribution in [0.25, 0.3) is 0 Å². The van der Waals surface area contributed by atoms with Crippen molar-refractivity contribution in [2.24, 2.45) is 0 Å². The highest BCUT2D eigenvalue weighted by Gasteiger charge is 2.23. The first-order valence-electron chi connectivity index (χ1n) is 11.3. The second-order valence-electron chi connectivity index (χ2n) is 9.00. The maximum atomic E-state index is 4.77. The number of nitrogens with zero attached hydrogens (tertiary/aromatic N) is 5. The van der Waals surface area contributed by atoms with Gasteiger partial charge in [-0.05, 0) is 84.3 Å². The average molecular weight is 419 g/mol. The molecule has 3 aromatic rings. The molecule has 1 N–H and O–H groups in total. The van der Waals surface area contributed by atoms with Crippen molar-refractivity contribution in [2.45, 2.75) is 66.0 Å². The van der Waals surface area contributed by atoms with Crippen molar-refractivity contribution in [1.82, 2.24) is 24.6 Å². The number of aromatic nitrogens is 4. The number of aryl methyl sites for hydroxylation is 2. The van der Waals surface area contributed by atoms with Crippen molar-refractivity contribution < 1.29 is 0 Å². The molecule has 0 bridgehead atoms. The smallest absolute Gasteiger partial charge is 0.133 e. The van der Waals surface area contributed by atoms with Crippen LogP contribution in [0, 0.1) is 20.8 Å². The number of nitrogens with one attached hydrogen (secondary N) is 1. The van der Waals surface area contributed by atoms with Crippen LogP contribution in [0.3, 0.4) is 0 Å². The van der Waals surface area contributed by atoms with E-state index in [2.05, 4.69) is 72.7 Å². The Hall–Kier alpha value is -2.73. The number of hydrogen-bond acceptors (Lipinski definition) is 5. The molecule has 4 rings (SSSR count). The van der Waals surface area contributed by atoms with Gasteiger partial charge < -0.3 is 5.32 Å². The van der Waals surface area contributed by atoms with Gasteiger partial charge in [-0.2, -0.15) is 5.10 Å². The Morgan fingerprint density at radius 1 is 1.06 bits per heavy atom. The fourth-order valence-corrected chi connectivity index (χ4v) is 4.51. The first-order chi connectivity index (χ1) is 14.9. The van der Waals surface area contributed by atoms with Crippen LogP contribution >= 0.6 is 0 Å². The van der Waals surface area contributed by atoms with E-state index in [1.807, 2.05) is 18.5 Å². The largest absolute Gasteiger partial charge is 0.339 e. The summed E-state index contributed by atoms with van der Waals surface area (Å²) in [6.45, 7) is 14.0. The van der Waals surface area contributed by atoms with E-state index in [0.29, 0.717) is 12.0 Å². The van der Waals surface area contributed by atoms with E-state index in [1.165, 1.54) is 22.6 Å². The monoisotopic (exact) mass is 418 g/mol. The summed E-state index contributed by atoms with van der Waals surface area (Å²) in [5.74, 6) is 1.42. The van der Waals surface area contributed by atoms with Gasteiger partial charge in [0.2, 0.25) is 0 Å². The first-order valence-corrected chi connectivity index (χ1v) is 11.3. The zero-order valence-corrected chi connectivity index (χ0v) is 19.4. The summed E-state index contributed by atoms with van der Waals surface area (Å²) in [6, 6.07) is 8.70. The third-order valence-electron chi connectivity index (χ3n) is 6.41.